The third-order valence-corrected chi connectivity index (χ3v) is 3.10. The molecule has 1 aliphatic heterocycles. The highest BCUT2D eigenvalue weighted by Gasteiger charge is 2.35. The van der Waals surface area contributed by atoms with Gasteiger partial charge >= 0.3 is 12.2 Å². The molecule has 1 heterocycles. The molecule has 0 aliphatic carbocycles. The summed E-state index contributed by atoms with van der Waals surface area (Å²) < 4.78 is 44.7. The van der Waals surface area contributed by atoms with E-state index in [2.05, 4.69) is 15.8 Å². The Hall–Kier alpha value is -2.29. The van der Waals surface area contributed by atoms with Gasteiger partial charge in [-0.25, -0.2) is 10.2 Å². The molecule has 1 unspecified atom stereocenters. The Bertz CT molecular complexity index is 629. The lowest BCUT2D eigenvalue weighted by Gasteiger charge is -2.22. The summed E-state index contributed by atoms with van der Waals surface area (Å²) in [5.41, 5.74) is 1.68. The molecule has 3 N–H and O–H groups in total. The second-order valence-electron chi connectivity index (χ2n) is 5.17. The number of rotatable bonds is 4. The maximum Gasteiger partial charge on any atom is 0.419 e. The third-order valence-electron chi connectivity index (χ3n) is 3.10. The first-order chi connectivity index (χ1) is 10.7. The van der Waals surface area contributed by atoms with Gasteiger partial charge < -0.3 is 15.2 Å². The van der Waals surface area contributed by atoms with Crippen molar-refractivity contribution in [3.8, 4) is 5.75 Å². The molecule has 6 nitrogen and oxygen atoms in total. The van der Waals surface area contributed by atoms with Crippen molar-refractivity contribution in [2.75, 3.05) is 6.61 Å². The molecule has 0 saturated carbocycles. The third kappa shape index (κ3) is 4.13. The van der Waals surface area contributed by atoms with Crippen LogP contribution in [0.15, 0.2) is 23.3 Å². The number of halogens is 3. The summed E-state index contributed by atoms with van der Waals surface area (Å²) in [7, 11) is 0. The number of nitrogens with one attached hydrogen (secondary N) is 2. The second-order valence-corrected chi connectivity index (χ2v) is 5.17. The Kier molecular flexibility index (Phi) is 4.79. The predicted octanol–water partition coefficient (Wildman–Crippen LogP) is 1.87. The van der Waals surface area contributed by atoms with E-state index < -0.39 is 29.9 Å². The first-order valence-electron chi connectivity index (χ1n) is 6.85. The molecule has 9 heteroatoms. The van der Waals surface area contributed by atoms with Crippen LogP contribution in [0.4, 0.5) is 18.0 Å². The van der Waals surface area contributed by atoms with Gasteiger partial charge in [0.2, 0.25) is 0 Å². The van der Waals surface area contributed by atoms with Crippen LogP contribution in [-0.4, -0.2) is 35.6 Å². The van der Waals surface area contributed by atoms with E-state index in [0.717, 1.165) is 6.07 Å². The maximum absolute atomic E-state index is 13.2. The molecule has 126 valence electrons. The van der Waals surface area contributed by atoms with Gasteiger partial charge in [0.05, 0.1) is 23.4 Å². The van der Waals surface area contributed by atoms with Gasteiger partial charge in [0.15, 0.2) is 0 Å². The van der Waals surface area contributed by atoms with E-state index in [1.165, 1.54) is 19.1 Å². The molecule has 0 spiro atoms. The van der Waals surface area contributed by atoms with Crippen molar-refractivity contribution in [3.05, 3.63) is 29.3 Å². The summed E-state index contributed by atoms with van der Waals surface area (Å²) in [6, 6.07) is 2.45. The first-order valence-corrected chi connectivity index (χ1v) is 6.85. The number of hydrogen-bond acceptors (Lipinski definition) is 4. The maximum atomic E-state index is 13.2. The number of ether oxygens (including phenoxy) is 1. The molecule has 0 radical (unpaired) electrons. The van der Waals surface area contributed by atoms with Gasteiger partial charge in [-0.2, -0.15) is 18.3 Å². The predicted molar refractivity (Wildman–Crippen MR) is 76.3 cm³/mol. The van der Waals surface area contributed by atoms with E-state index in [1.807, 2.05) is 0 Å². The summed E-state index contributed by atoms with van der Waals surface area (Å²) in [5, 5.41) is 15.5. The molecule has 0 aromatic heterocycles. The molecule has 0 fully saturated rings. The van der Waals surface area contributed by atoms with Gasteiger partial charge in [0, 0.05) is 5.56 Å². The summed E-state index contributed by atoms with van der Waals surface area (Å²) in [5.74, 6) is -0.372. The van der Waals surface area contributed by atoms with Gasteiger partial charge in [0.25, 0.3) is 0 Å². The highest BCUT2D eigenvalue weighted by atomic mass is 19.4. The number of aliphatic hydroxyl groups excluding tert-OH is 1. The van der Waals surface area contributed by atoms with Gasteiger partial charge in [0.1, 0.15) is 12.4 Å². The summed E-state index contributed by atoms with van der Waals surface area (Å²) in [6.45, 7) is 2.77. The lowest BCUT2D eigenvalue weighted by molar-refractivity contribution is -0.139. The van der Waals surface area contributed by atoms with Gasteiger partial charge in [-0.15, -0.1) is 0 Å². The Morgan fingerprint density at radius 3 is 2.70 bits per heavy atom. The van der Waals surface area contributed by atoms with E-state index in [9.17, 15) is 18.0 Å². The molecule has 1 aliphatic rings. The standard InChI is InChI=1S/C14H16F3N3O3/c1-7(21)6-23-11-4-3-9(5-10(11)14(15,16)17)12-8(2)18-13(22)20-19-12/h3-5,7-8,21H,6H2,1-2H3,(H2,18,20,22)/t7?,8-/m0/s1. The zero-order valence-corrected chi connectivity index (χ0v) is 12.4. The second kappa shape index (κ2) is 6.45. The van der Waals surface area contributed by atoms with Gasteiger partial charge in [-0.1, -0.05) is 0 Å². The number of alkyl halides is 3. The quantitative estimate of drug-likeness (QED) is 0.788. The van der Waals surface area contributed by atoms with Crippen molar-refractivity contribution in [1.29, 1.82) is 0 Å². The highest BCUT2D eigenvalue weighted by molar-refractivity contribution is 6.07. The summed E-state index contributed by atoms with van der Waals surface area (Å²) in [6.07, 6.45) is -5.52. The molecule has 2 rings (SSSR count). The van der Waals surface area contributed by atoms with Crippen LogP contribution in [0.25, 0.3) is 0 Å². The van der Waals surface area contributed by atoms with Crippen LogP contribution in [0.5, 0.6) is 5.75 Å². The van der Waals surface area contributed by atoms with E-state index in [4.69, 9.17) is 9.84 Å². The van der Waals surface area contributed by atoms with E-state index in [0.29, 0.717) is 0 Å². The molecular weight excluding hydrogens is 315 g/mol. The fraction of sp³-hybridized carbons (Fsp3) is 0.429. The fourth-order valence-electron chi connectivity index (χ4n) is 2.07. The Labute approximate surface area is 130 Å². The SMILES string of the molecule is CC(O)COc1ccc(C2=NNC(=O)N[C@H]2C)cc1C(F)(F)F. The van der Waals surface area contributed by atoms with Crippen molar-refractivity contribution >= 4 is 11.7 Å². The van der Waals surface area contributed by atoms with Crippen LogP contribution in [0, 0.1) is 0 Å². The molecule has 23 heavy (non-hydrogen) atoms. The number of nitrogens with zero attached hydrogens (tertiary/aromatic N) is 1. The van der Waals surface area contributed by atoms with Crippen LogP contribution in [-0.2, 0) is 6.18 Å². The minimum atomic E-state index is -4.63. The normalized spacial score (nSPS) is 19.5. The highest BCUT2D eigenvalue weighted by Crippen LogP contribution is 2.37. The zero-order chi connectivity index (χ0) is 17.2. The number of hydrazone groups is 1. The van der Waals surface area contributed by atoms with Crippen LogP contribution in [0.1, 0.15) is 25.0 Å². The van der Waals surface area contributed by atoms with Crippen molar-refractivity contribution in [3.63, 3.8) is 0 Å². The monoisotopic (exact) mass is 331 g/mol. The van der Waals surface area contributed by atoms with Crippen LogP contribution < -0.4 is 15.5 Å². The summed E-state index contributed by atoms with van der Waals surface area (Å²) in [4.78, 5) is 11.1. The van der Waals surface area contributed by atoms with Gasteiger partial charge in [-0.05, 0) is 32.0 Å². The van der Waals surface area contributed by atoms with Crippen molar-refractivity contribution in [2.45, 2.75) is 32.2 Å². The topological polar surface area (TPSA) is 83.0 Å². The van der Waals surface area contributed by atoms with Gasteiger partial charge in [-0.3, -0.25) is 0 Å². The number of carbonyl (C=O) groups excluding carboxylic acids is 1. The molecule has 0 bridgehead atoms. The smallest absolute Gasteiger partial charge is 0.419 e. The number of amides is 2. The van der Waals surface area contributed by atoms with Crippen molar-refractivity contribution in [2.24, 2.45) is 5.10 Å². The zero-order valence-electron chi connectivity index (χ0n) is 12.4. The Morgan fingerprint density at radius 2 is 2.13 bits per heavy atom. The van der Waals surface area contributed by atoms with Crippen LogP contribution >= 0.6 is 0 Å². The molecule has 2 amide bonds. The van der Waals surface area contributed by atoms with Crippen molar-refractivity contribution < 1.29 is 27.8 Å². The minimum Gasteiger partial charge on any atom is -0.490 e. The lowest BCUT2D eigenvalue weighted by Crippen LogP contribution is -2.48. The van der Waals surface area contributed by atoms with E-state index >= 15 is 0 Å². The fourth-order valence-corrected chi connectivity index (χ4v) is 2.07. The largest absolute Gasteiger partial charge is 0.490 e. The van der Waals surface area contributed by atoms with Crippen LogP contribution in [0.2, 0.25) is 0 Å². The van der Waals surface area contributed by atoms with E-state index in [-0.39, 0.29) is 23.6 Å². The number of carbonyl (C=O) groups is 1. The molecule has 1 aromatic rings. The lowest BCUT2D eigenvalue weighted by atomic mass is 10.0. The number of hydrogen-bond donors (Lipinski definition) is 3. The Balaban J connectivity index is 2.38. The molecular formula is C14H16F3N3O3. The Morgan fingerprint density at radius 1 is 1.43 bits per heavy atom. The van der Waals surface area contributed by atoms with E-state index in [1.54, 1.807) is 6.92 Å². The average Bonchev–Trinajstić information content (AvgIpc) is 2.44. The number of aliphatic hydroxyl groups is 1. The number of urea groups is 1. The molecule has 0 saturated heterocycles. The average molecular weight is 331 g/mol. The molecule has 1 aromatic carbocycles. The minimum absolute atomic E-state index is 0.210. The first kappa shape index (κ1) is 17.1. The summed E-state index contributed by atoms with van der Waals surface area (Å²) >= 11 is 0. The van der Waals surface area contributed by atoms with Crippen molar-refractivity contribution in [1.82, 2.24) is 10.7 Å². The van der Waals surface area contributed by atoms with Crippen LogP contribution in [0.3, 0.4) is 0 Å². The number of benzene rings is 1. The molecule has 2 atom stereocenters.